The van der Waals surface area contributed by atoms with E-state index in [1.807, 2.05) is 11.8 Å². The Bertz CT molecular complexity index is 633. The molecule has 2 unspecified atom stereocenters. The lowest BCUT2D eigenvalue weighted by Crippen LogP contribution is -2.56. The molecule has 27 heavy (non-hydrogen) atoms. The van der Waals surface area contributed by atoms with Crippen molar-refractivity contribution in [1.29, 1.82) is 0 Å². The van der Waals surface area contributed by atoms with Gasteiger partial charge in [0.15, 0.2) is 5.96 Å². The normalized spacial score (nSPS) is 19.1. The largest absolute Gasteiger partial charge is 0.403 e. The third-order valence-corrected chi connectivity index (χ3v) is 4.99. The number of rotatable bonds is 5. The Morgan fingerprint density at radius 1 is 1.26 bits per heavy atom. The number of guanidine groups is 1. The van der Waals surface area contributed by atoms with E-state index in [4.69, 9.17) is 11.6 Å². The van der Waals surface area contributed by atoms with Gasteiger partial charge >= 0.3 is 6.18 Å². The molecule has 1 saturated heterocycles. The van der Waals surface area contributed by atoms with Gasteiger partial charge in [0.05, 0.1) is 6.54 Å². The molecule has 1 aliphatic rings. The van der Waals surface area contributed by atoms with Crippen molar-refractivity contribution in [3.63, 3.8) is 0 Å². The Kier molecular flexibility index (Phi) is 7.76. The number of aliphatic hydroxyl groups excluding tert-OH is 1. The topological polar surface area (TPSA) is 51.1 Å². The summed E-state index contributed by atoms with van der Waals surface area (Å²) in [4.78, 5) is 7.80. The van der Waals surface area contributed by atoms with E-state index < -0.39 is 18.3 Å². The number of benzene rings is 1. The first-order valence-electron chi connectivity index (χ1n) is 9.00. The molecule has 1 heterocycles. The molecule has 1 fully saturated rings. The van der Waals surface area contributed by atoms with Crippen molar-refractivity contribution in [3.05, 3.63) is 34.9 Å². The Labute approximate surface area is 162 Å². The van der Waals surface area contributed by atoms with E-state index in [1.165, 1.54) is 11.8 Å². The fraction of sp³-hybridized carbons (Fsp3) is 0.611. The van der Waals surface area contributed by atoms with Crippen LogP contribution in [0.25, 0.3) is 0 Å². The van der Waals surface area contributed by atoms with E-state index in [0.29, 0.717) is 49.3 Å². The molecule has 0 saturated carbocycles. The van der Waals surface area contributed by atoms with Crippen molar-refractivity contribution in [1.82, 2.24) is 15.1 Å². The first kappa shape index (κ1) is 21.8. The van der Waals surface area contributed by atoms with Crippen LogP contribution in [0.1, 0.15) is 25.5 Å². The van der Waals surface area contributed by atoms with E-state index in [2.05, 4.69) is 10.3 Å². The number of hydrogen-bond donors (Lipinski definition) is 2. The molecule has 9 heteroatoms. The van der Waals surface area contributed by atoms with Crippen LogP contribution in [0.5, 0.6) is 0 Å². The van der Waals surface area contributed by atoms with Gasteiger partial charge in [-0.25, -0.2) is 0 Å². The average molecular weight is 407 g/mol. The smallest absolute Gasteiger partial charge is 0.386 e. The molecule has 0 amide bonds. The fourth-order valence-corrected chi connectivity index (χ4v) is 3.23. The van der Waals surface area contributed by atoms with Crippen LogP contribution in [0.15, 0.2) is 29.3 Å². The van der Waals surface area contributed by atoms with Crippen LogP contribution in [-0.4, -0.2) is 72.4 Å². The molecule has 1 aromatic carbocycles. The molecule has 0 radical (unpaired) electrons. The fourth-order valence-electron chi connectivity index (χ4n) is 2.97. The average Bonchev–Trinajstić information content (AvgIpc) is 2.64. The number of aliphatic imine (C=N–C) groups is 1. The number of alkyl halides is 3. The zero-order valence-electron chi connectivity index (χ0n) is 15.5. The van der Waals surface area contributed by atoms with Crippen LogP contribution in [0.3, 0.4) is 0 Å². The highest BCUT2D eigenvalue weighted by atomic mass is 35.5. The quantitative estimate of drug-likeness (QED) is 0.583. The predicted octanol–water partition coefficient (Wildman–Crippen LogP) is 2.91. The second kappa shape index (κ2) is 9.61. The summed E-state index contributed by atoms with van der Waals surface area (Å²) in [5, 5.41) is 14.0. The molecule has 0 aliphatic carbocycles. The van der Waals surface area contributed by atoms with Crippen molar-refractivity contribution >= 4 is 17.6 Å². The van der Waals surface area contributed by atoms with Crippen molar-refractivity contribution < 1.29 is 18.3 Å². The van der Waals surface area contributed by atoms with Crippen molar-refractivity contribution in [2.45, 2.75) is 32.2 Å². The Hall–Kier alpha value is -1.51. The SMILES string of the molecule is CCNC(=NCC(O)c1ccccc1Cl)N1CCN(C(C)C(F)(F)F)CC1. The van der Waals surface area contributed by atoms with E-state index in [0.717, 1.165) is 0 Å². The monoisotopic (exact) mass is 406 g/mol. The molecular weight excluding hydrogens is 381 g/mol. The number of nitrogens with zero attached hydrogens (tertiary/aromatic N) is 3. The highest BCUT2D eigenvalue weighted by Crippen LogP contribution is 2.25. The van der Waals surface area contributed by atoms with Gasteiger partial charge in [-0.3, -0.25) is 9.89 Å². The lowest BCUT2D eigenvalue weighted by molar-refractivity contribution is -0.181. The van der Waals surface area contributed by atoms with E-state index >= 15 is 0 Å². The van der Waals surface area contributed by atoms with Gasteiger partial charge < -0.3 is 15.3 Å². The summed E-state index contributed by atoms with van der Waals surface area (Å²) in [7, 11) is 0. The van der Waals surface area contributed by atoms with Gasteiger partial charge in [0.2, 0.25) is 0 Å². The van der Waals surface area contributed by atoms with Gasteiger partial charge in [-0.05, 0) is 19.9 Å². The highest BCUT2D eigenvalue weighted by molar-refractivity contribution is 6.31. The zero-order chi connectivity index (χ0) is 20.0. The van der Waals surface area contributed by atoms with Crippen LogP contribution in [0.2, 0.25) is 5.02 Å². The number of halogens is 4. The third-order valence-electron chi connectivity index (χ3n) is 4.65. The van der Waals surface area contributed by atoms with Gasteiger partial charge in [-0.2, -0.15) is 13.2 Å². The van der Waals surface area contributed by atoms with Crippen LogP contribution < -0.4 is 5.32 Å². The molecule has 0 spiro atoms. The van der Waals surface area contributed by atoms with E-state index in [1.54, 1.807) is 24.3 Å². The maximum absolute atomic E-state index is 12.9. The van der Waals surface area contributed by atoms with Gasteiger partial charge in [-0.15, -0.1) is 0 Å². The summed E-state index contributed by atoms with van der Waals surface area (Å²) in [5.41, 5.74) is 0.600. The Morgan fingerprint density at radius 3 is 2.44 bits per heavy atom. The number of nitrogens with one attached hydrogen (secondary N) is 1. The zero-order valence-corrected chi connectivity index (χ0v) is 16.3. The maximum Gasteiger partial charge on any atom is 0.403 e. The lowest BCUT2D eigenvalue weighted by atomic mass is 10.1. The summed E-state index contributed by atoms with van der Waals surface area (Å²) in [6.45, 7) is 5.33. The minimum atomic E-state index is -4.22. The minimum absolute atomic E-state index is 0.116. The van der Waals surface area contributed by atoms with Gasteiger partial charge in [0, 0.05) is 43.3 Å². The second-order valence-electron chi connectivity index (χ2n) is 6.47. The summed E-state index contributed by atoms with van der Waals surface area (Å²) < 4.78 is 38.7. The van der Waals surface area contributed by atoms with Crippen LogP contribution >= 0.6 is 11.6 Å². The number of aliphatic hydroxyl groups is 1. The molecule has 2 N–H and O–H groups in total. The van der Waals surface area contributed by atoms with Crippen molar-refractivity contribution in [3.8, 4) is 0 Å². The van der Waals surface area contributed by atoms with Gasteiger partial charge in [-0.1, -0.05) is 29.8 Å². The molecule has 1 aliphatic heterocycles. The first-order valence-corrected chi connectivity index (χ1v) is 9.38. The van der Waals surface area contributed by atoms with E-state index in [9.17, 15) is 18.3 Å². The molecule has 0 aromatic heterocycles. The van der Waals surface area contributed by atoms with Crippen LogP contribution in [0, 0.1) is 0 Å². The standard InChI is InChI=1S/C18H26ClF3N4O/c1-3-23-17(24-12-16(27)14-6-4-5-7-15(14)19)26-10-8-25(9-11-26)13(2)18(20,21)22/h4-7,13,16,27H,3,8-12H2,1-2H3,(H,23,24). The summed E-state index contributed by atoms with van der Waals surface area (Å²) in [5.74, 6) is 0.586. The summed E-state index contributed by atoms with van der Waals surface area (Å²) in [6, 6.07) is 5.57. The third kappa shape index (κ3) is 5.99. The first-order chi connectivity index (χ1) is 12.7. The second-order valence-corrected chi connectivity index (χ2v) is 6.88. The van der Waals surface area contributed by atoms with Crippen LogP contribution in [-0.2, 0) is 0 Å². The van der Waals surface area contributed by atoms with Crippen molar-refractivity contribution in [2.24, 2.45) is 4.99 Å². The summed E-state index contributed by atoms with van der Waals surface area (Å²) in [6.07, 6.45) is -5.07. The number of hydrogen-bond acceptors (Lipinski definition) is 3. The maximum atomic E-state index is 12.9. The van der Waals surface area contributed by atoms with Crippen LogP contribution in [0.4, 0.5) is 13.2 Å². The van der Waals surface area contributed by atoms with E-state index in [-0.39, 0.29) is 6.54 Å². The lowest BCUT2D eigenvalue weighted by Gasteiger charge is -2.39. The van der Waals surface area contributed by atoms with Gasteiger partial charge in [0.25, 0.3) is 0 Å². The minimum Gasteiger partial charge on any atom is -0.386 e. The van der Waals surface area contributed by atoms with Gasteiger partial charge in [0.1, 0.15) is 12.1 Å². The molecule has 2 atom stereocenters. The molecular formula is C18H26ClF3N4O. The number of piperazine rings is 1. The predicted molar refractivity (Wildman–Crippen MR) is 101 cm³/mol. The molecule has 0 bridgehead atoms. The highest BCUT2D eigenvalue weighted by Gasteiger charge is 2.41. The Morgan fingerprint density at radius 2 is 1.89 bits per heavy atom. The molecule has 152 valence electrons. The summed E-state index contributed by atoms with van der Waals surface area (Å²) >= 11 is 6.09. The van der Waals surface area contributed by atoms with Crippen molar-refractivity contribution in [2.75, 3.05) is 39.3 Å². The molecule has 5 nitrogen and oxygen atoms in total. The molecule has 2 rings (SSSR count). The Balaban J connectivity index is 1.99. The molecule has 1 aromatic rings.